The summed E-state index contributed by atoms with van der Waals surface area (Å²) in [5.41, 5.74) is 1.97. The summed E-state index contributed by atoms with van der Waals surface area (Å²) in [7, 11) is 1.51. The van der Waals surface area contributed by atoms with Crippen LogP contribution in [0.3, 0.4) is 0 Å². The molecule has 4 heterocycles. The fourth-order valence-electron chi connectivity index (χ4n) is 3.79. The van der Waals surface area contributed by atoms with E-state index in [9.17, 15) is 13.6 Å². The minimum atomic E-state index is -0.923. The van der Waals surface area contributed by atoms with Gasteiger partial charge >= 0.3 is 0 Å². The van der Waals surface area contributed by atoms with Crippen LogP contribution in [0.25, 0.3) is 11.0 Å². The summed E-state index contributed by atoms with van der Waals surface area (Å²) in [5.74, 6) is -0.703. The number of nitrogens with zero attached hydrogens (tertiary/aromatic N) is 4. The Bertz CT molecular complexity index is 1550. The maximum atomic E-state index is 14.9. The second-order valence-electron chi connectivity index (χ2n) is 8.03. The molecule has 0 spiro atoms. The average molecular weight is 501 g/mol. The van der Waals surface area contributed by atoms with Crippen LogP contribution in [-0.2, 0) is 6.42 Å². The summed E-state index contributed by atoms with van der Waals surface area (Å²) in [6.45, 7) is 0.479. The van der Waals surface area contributed by atoms with Gasteiger partial charge in [0.25, 0.3) is 0 Å². The lowest BCUT2D eigenvalue weighted by atomic mass is 10.0. The van der Waals surface area contributed by atoms with Crippen LogP contribution in [0.1, 0.15) is 21.5 Å². The number of ketones is 1. The molecule has 0 unspecified atom stereocenters. The molecule has 0 saturated heterocycles. The second kappa shape index (κ2) is 10.4. The Hall–Kier alpha value is -4.93. The zero-order chi connectivity index (χ0) is 25.8. The van der Waals surface area contributed by atoms with Gasteiger partial charge in [-0.25, -0.2) is 24.3 Å². The molecule has 1 aromatic carbocycles. The molecule has 9 nitrogen and oxygen atoms in total. The van der Waals surface area contributed by atoms with E-state index in [2.05, 4.69) is 35.6 Å². The van der Waals surface area contributed by atoms with Gasteiger partial charge in [0.2, 0.25) is 11.8 Å². The van der Waals surface area contributed by atoms with Gasteiger partial charge in [0, 0.05) is 18.8 Å². The average Bonchev–Trinajstić information content (AvgIpc) is 3.35. The monoisotopic (exact) mass is 501 g/mol. The van der Waals surface area contributed by atoms with Crippen molar-refractivity contribution >= 4 is 34.1 Å². The van der Waals surface area contributed by atoms with Gasteiger partial charge in [-0.3, -0.25) is 4.79 Å². The van der Waals surface area contributed by atoms with Crippen molar-refractivity contribution in [1.82, 2.24) is 24.9 Å². The van der Waals surface area contributed by atoms with E-state index in [4.69, 9.17) is 4.74 Å². The number of methoxy groups -OCH3 is 1. The molecule has 0 radical (unpaired) electrons. The van der Waals surface area contributed by atoms with E-state index < -0.39 is 11.7 Å². The molecule has 0 aliphatic heterocycles. The topological polar surface area (TPSA) is 118 Å². The summed E-state index contributed by atoms with van der Waals surface area (Å²) >= 11 is 0. The molecule has 0 atom stereocenters. The predicted octanol–water partition coefficient (Wildman–Crippen LogP) is 4.66. The highest BCUT2D eigenvalue weighted by Gasteiger charge is 2.22. The molecule has 0 bridgehead atoms. The fraction of sp³-hybridized carbons (Fsp3) is 0.115. The maximum absolute atomic E-state index is 14.9. The van der Waals surface area contributed by atoms with Crippen LogP contribution >= 0.6 is 0 Å². The van der Waals surface area contributed by atoms with Crippen LogP contribution in [0.5, 0.6) is 5.88 Å². The molecule has 0 saturated carbocycles. The summed E-state index contributed by atoms with van der Waals surface area (Å²) in [6, 6.07) is 12.5. The number of halogens is 2. The minimum Gasteiger partial charge on any atom is -0.481 e. The van der Waals surface area contributed by atoms with Crippen LogP contribution in [0.4, 0.5) is 26.1 Å². The van der Waals surface area contributed by atoms with Crippen molar-refractivity contribution in [3.63, 3.8) is 0 Å². The number of pyridine rings is 2. The van der Waals surface area contributed by atoms with Crippen molar-refractivity contribution in [2.24, 2.45) is 0 Å². The molecule has 186 valence electrons. The van der Waals surface area contributed by atoms with E-state index >= 15 is 0 Å². The van der Waals surface area contributed by atoms with Gasteiger partial charge in [-0.05, 0) is 42.3 Å². The number of benzene rings is 1. The van der Waals surface area contributed by atoms with Crippen LogP contribution < -0.4 is 15.4 Å². The lowest BCUT2D eigenvalue weighted by Gasteiger charge is -2.09. The number of hydrogen-bond donors (Lipinski definition) is 3. The minimum absolute atomic E-state index is 0.194. The largest absolute Gasteiger partial charge is 0.481 e. The number of hydrogen-bond acceptors (Lipinski definition) is 8. The number of aromatic nitrogens is 5. The molecular formula is C26H21F2N7O2. The quantitative estimate of drug-likeness (QED) is 0.197. The molecule has 0 fully saturated rings. The van der Waals surface area contributed by atoms with Crippen molar-refractivity contribution < 1.29 is 18.3 Å². The predicted molar refractivity (Wildman–Crippen MR) is 134 cm³/mol. The Labute approximate surface area is 210 Å². The van der Waals surface area contributed by atoms with E-state index in [0.717, 1.165) is 5.56 Å². The molecule has 0 aliphatic rings. The van der Waals surface area contributed by atoms with E-state index in [0.29, 0.717) is 41.4 Å². The smallest absolute Gasteiger partial charge is 0.226 e. The van der Waals surface area contributed by atoms with Crippen LogP contribution in [0.2, 0.25) is 0 Å². The normalized spacial score (nSPS) is 10.9. The van der Waals surface area contributed by atoms with Crippen molar-refractivity contribution in [2.45, 2.75) is 6.42 Å². The van der Waals surface area contributed by atoms with Crippen molar-refractivity contribution in [3.8, 4) is 5.88 Å². The highest BCUT2D eigenvalue weighted by molar-refractivity contribution is 6.18. The number of nitrogens with one attached hydrogen (secondary N) is 3. The van der Waals surface area contributed by atoms with Gasteiger partial charge in [0.1, 0.15) is 29.4 Å². The summed E-state index contributed by atoms with van der Waals surface area (Å²) in [5, 5.41) is 6.57. The van der Waals surface area contributed by atoms with Gasteiger partial charge in [0.15, 0.2) is 5.78 Å². The highest BCUT2D eigenvalue weighted by Crippen LogP contribution is 2.27. The molecule has 5 aromatic rings. The first kappa shape index (κ1) is 23.8. The van der Waals surface area contributed by atoms with Gasteiger partial charge in [-0.1, -0.05) is 12.1 Å². The Morgan fingerprint density at radius 1 is 1.00 bits per heavy atom. The zero-order valence-electron chi connectivity index (χ0n) is 19.6. The molecule has 5 rings (SSSR count). The zero-order valence-corrected chi connectivity index (χ0v) is 19.6. The Kier molecular flexibility index (Phi) is 6.66. The van der Waals surface area contributed by atoms with Crippen LogP contribution in [0.15, 0.2) is 67.3 Å². The number of ether oxygens (including phenoxy) is 1. The molecule has 0 amide bonds. The molecule has 3 N–H and O–H groups in total. The number of carbonyl (C=O) groups is 1. The van der Waals surface area contributed by atoms with Gasteiger partial charge < -0.3 is 20.4 Å². The fourth-order valence-corrected chi connectivity index (χ4v) is 3.79. The first-order valence-corrected chi connectivity index (χ1v) is 11.3. The van der Waals surface area contributed by atoms with Crippen LogP contribution in [0, 0.1) is 11.8 Å². The second-order valence-corrected chi connectivity index (χ2v) is 8.03. The maximum Gasteiger partial charge on any atom is 0.226 e. The standard InChI is InChI=1S/C26H21F2N7O2/c1-37-21-9-6-17(12-30-21)34-20-8-7-18(24(28)35-20)23(36)19-13-31-26-22(19)25(32-14-33-26)29-11-10-15-2-4-16(27)5-3-15/h2-9,12-14H,10-11H2,1H3,(H,34,35)(H2,29,31,32,33). The third-order valence-corrected chi connectivity index (χ3v) is 5.65. The number of anilines is 3. The van der Waals surface area contributed by atoms with Crippen molar-refractivity contribution in [2.75, 3.05) is 24.3 Å². The molecule has 11 heteroatoms. The van der Waals surface area contributed by atoms with Crippen molar-refractivity contribution in [3.05, 3.63) is 95.7 Å². The van der Waals surface area contributed by atoms with E-state index in [-0.39, 0.29) is 22.8 Å². The van der Waals surface area contributed by atoms with E-state index in [1.807, 2.05) is 0 Å². The third-order valence-electron chi connectivity index (χ3n) is 5.65. The number of aromatic amines is 1. The molecule has 0 aliphatic carbocycles. The highest BCUT2D eigenvalue weighted by atomic mass is 19.1. The lowest BCUT2D eigenvalue weighted by molar-refractivity contribution is 0.103. The number of fused-ring (bicyclic) bond motifs is 1. The SMILES string of the molecule is COc1ccc(Nc2ccc(C(=O)c3c[nH]c4ncnc(NCCc5ccc(F)cc5)c34)c(F)n2)cn1. The Morgan fingerprint density at radius 3 is 2.57 bits per heavy atom. The van der Waals surface area contributed by atoms with Crippen LogP contribution in [-0.4, -0.2) is 44.4 Å². The number of H-pyrrole nitrogens is 1. The van der Waals surface area contributed by atoms with Gasteiger partial charge in [0.05, 0.1) is 35.5 Å². The Morgan fingerprint density at radius 2 is 1.84 bits per heavy atom. The Balaban J connectivity index is 1.35. The number of rotatable bonds is 9. The lowest BCUT2D eigenvalue weighted by Crippen LogP contribution is -2.10. The first-order valence-electron chi connectivity index (χ1n) is 11.3. The van der Waals surface area contributed by atoms with E-state index in [1.54, 1.807) is 24.3 Å². The molecule has 4 aromatic heterocycles. The number of carbonyl (C=O) groups excluding carboxylic acids is 1. The first-order chi connectivity index (χ1) is 18.0. The van der Waals surface area contributed by atoms with Gasteiger partial charge in [-0.2, -0.15) is 4.39 Å². The summed E-state index contributed by atoms with van der Waals surface area (Å²) < 4.78 is 33.1. The van der Waals surface area contributed by atoms with Crippen molar-refractivity contribution in [1.29, 1.82) is 0 Å². The summed E-state index contributed by atoms with van der Waals surface area (Å²) in [6.07, 6.45) is 4.97. The third kappa shape index (κ3) is 5.20. The summed E-state index contributed by atoms with van der Waals surface area (Å²) in [4.78, 5) is 32.7. The molecular weight excluding hydrogens is 480 g/mol. The van der Waals surface area contributed by atoms with E-state index in [1.165, 1.54) is 50.1 Å². The van der Waals surface area contributed by atoms with Gasteiger partial charge in [-0.15, -0.1) is 0 Å². The molecule has 37 heavy (non-hydrogen) atoms.